The predicted octanol–water partition coefficient (Wildman–Crippen LogP) is 4.73. The van der Waals surface area contributed by atoms with Gasteiger partial charge in [-0.25, -0.2) is 4.79 Å². The second-order valence-electron chi connectivity index (χ2n) is 9.29. The van der Waals surface area contributed by atoms with Gasteiger partial charge in [0.25, 0.3) is 0 Å². The Kier molecular flexibility index (Phi) is 8.55. The van der Waals surface area contributed by atoms with Gasteiger partial charge < -0.3 is 15.4 Å². The first-order chi connectivity index (χ1) is 11.1. The minimum atomic E-state index is -0.446. The van der Waals surface area contributed by atoms with Crippen LogP contribution in [-0.4, -0.2) is 30.3 Å². The fourth-order valence-corrected chi connectivity index (χ4v) is 3.07. The second kappa shape index (κ2) is 9.65. The van der Waals surface area contributed by atoms with Gasteiger partial charge >= 0.3 is 6.09 Å². The minimum absolute atomic E-state index is 0.315. The zero-order valence-corrected chi connectivity index (χ0v) is 16.9. The summed E-state index contributed by atoms with van der Waals surface area (Å²) < 4.78 is 5.36. The zero-order chi connectivity index (χ0) is 18.3. The van der Waals surface area contributed by atoms with Gasteiger partial charge in [-0.1, -0.05) is 27.7 Å². The number of carbonyl (C=O) groups is 1. The van der Waals surface area contributed by atoms with Crippen molar-refractivity contribution in [3.63, 3.8) is 0 Å². The highest BCUT2D eigenvalue weighted by Gasteiger charge is 2.32. The third-order valence-corrected chi connectivity index (χ3v) is 4.34. The summed E-state index contributed by atoms with van der Waals surface area (Å²) in [6, 6.07) is 0.909. The van der Waals surface area contributed by atoms with Crippen molar-refractivity contribution in [2.24, 2.45) is 17.8 Å². The third kappa shape index (κ3) is 10.2. The smallest absolute Gasteiger partial charge is 0.407 e. The van der Waals surface area contributed by atoms with Crippen LogP contribution in [0.15, 0.2) is 0 Å². The number of alkyl carbamates (subject to hydrolysis) is 1. The van der Waals surface area contributed by atoms with Crippen molar-refractivity contribution in [3.05, 3.63) is 0 Å². The standard InChI is InChI=1S/C20H40N2O2/c1-14(2)8-11-18(16-9-10-16)22-17(12-15(3)4)13-21-19(23)24-20(5,6)7/h14-18,22H,8-13H2,1-7H3,(H,21,23). The average Bonchev–Trinajstić information content (AvgIpc) is 3.22. The van der Waals surface area contributed by atoms with Gasteiger partial charge in [0.1, 0.15) is 5.60 Å². The Balaban J connectivity index is 2.51. The summed E-state index contributed by atoms with van der Waals surface area (Å²) in [5, 5.41) is 6.80. The SMILES string of the molecule is CC(C)CCC(NC(CNC(=O)OC(C)(C)C)CC(C)C)C1CC1. The van der Waals surface area contributed by atoms with E-state index in [-0.39, 0.29) is 6.09 Å². The molecule has 0 aromatic rings. The maximum absolute atomic E-state index is 11.9. The summed E-state index contributed by atoms with van der Waals surface area (Å²) in [6.45, 7) is 15.4. The second-order valence-corrected chi connectivity index (χ2v) is 9.29. The molecule has 142 valence electrons. The monoisotopic (exact) mass is 340 g/mol. The fourth-order valence-electron chi connectivity index (χ4n) is 3.07. The van der Waals surface area contributed by atoms with Crippen molar-refractivity contribution in [2.45, 2.75) is 98.3 Å². The highest BCUT2D eigenvalue weighted by molar-refractivity contribution is 5.67. The van der Waals surface area contributed by atoms with E-state index in [0.717, 1.165) is 18.3 Å². The van der Waals surface area contributed by atoms with Crippen LogP contribution >= 0.6 is 0 Å². The molecule has 0 bridgehead atoms. The predicted molar refractivity (Wildman–Crippen MR) is 101 cm³/mol. The Bertz CT molecular complexity index is 370. The van der Waals surface area contributed by atoms with Crippen LogP contribution in [0.5, 0.6) is 0 Å². The van der Waals surface area contributed by atoms with Gasteiger partial charge in [-0.05, 0) is 70.6 Å². The molecule has 0 aromatic carbocycles. The molecule has 0 spiro atoms. The molecule has 1 aliphatic carbocycles. The van der Waals surface area contributed by atoms with Crippen molar-refractivity contribution >= 4 is 6.09 Å². The van der Waals surface area contributed by atoms with Gasteiger partial charge in [0.15, 0.2) is 0 Å². The van der Waals surface area contributed by atoms with E-state index in [1.54, 1.807) is 0 Å². The van der Waals surface area contributed by atoms with Crippen molar-refractivity contribution in [1.82, 2.24) is 10.6 Å². The third-order valence-electron chi connectivity index (χ3n) is 4.34. The molecule has 0 saturated heterocycles. The van der Waals surface area contributed by atoms with Gasteiger partial charge in [-0.3, -0.25) is 0 Å². The van der Waals surface area contributed by atoms with E-state index in [9.17, 15) is 4.79 Å². The Morgan fingerprint density at radius 3 is 2.17 bits per heavy atom. The summed E-state index contributed by atoms with van der Waals surface area (Å²) >= 11 is 0. The molecule has 4 nitrogen and oxygen atoms in total. The molecule has 1 aliphatic rings. The Hall–Kier alpha value is -0.770. The molecule has 2 atom stereocenters. The van der Waals surface area contributed by atoms with E-state index in [1.165, 1.54) is 25.7 Å². The summed E-state index contributed by atoms with van der Waals surface area (Å²) in [7, 11) is 0. The van der Waals surface area contributed by atoms with Crippen LogP contribution in [0.2, 0.25) is 0 Å². The van der Waals surface area contributed by atoms with Crippen molar-refractivity contribution < 1.29 is 9.53 Å². The Morgan fingerprint density at radius 1 is 1.08 bits per heavy atom. The normalized spacial score (nSPS) is 17.9. The van der Waals surface area contributed by atoms with Crippen LogP contribution in [0.1, 0.15) is 80.6 Å². The van der Waals surface area contributed by atoms with Crippen molar-refractivity contribution in [3.8, 4) is 0 Å². The largest absolute Gasteiger partial charge is 0.444 e. The Morgan fingerprint density at radius 2 is 1.71 bits per heavy atom. The van der Waals surface area contributed by atoms with Crippen LogP contribution in [0.4, 0.5) is 4.79 Å². The molecule has 1 fully saturated rings. The Labute approximate surface area is 149 Å². The number of ether oxygens (including phenoxy) is 1. The number of amides is 1. The van der Waals surface area contributed by atoms with Crippen LogP contribution in [0, 0.1) is 17.8 Å². The lowest BCUT2D eigenvalue weighted by atomic mass is 9.97. The van der Waals surface area contributed by atoms with Gasteiger partial charge in [0.2, 0.25) is 0 Å². The van der Waals surface area contributed by atoms with Crippen molar-refractivity contribution in [1.29, 1.82) is 0 Å². The number of hydrogen-bond acceptors (Lipinski definition) is 3. The molecule has 0 aliphatic heterocycles. The molecule has 4 heteroatoms. The molecule has 1 amide bonds. The molecule has 24 heavy (non-hydrogen) atoms. The molecular weight excluding hydrogens is 300 g/mol. The number of nitrogens with one attached hydrogen (secondary N) is 2. The van der Waals surface area contributed by atoms with Crippen LogP contribution < -0.4 is 10.6 Å². The number of hydrogen-bond donors (Lipinski definition) is 2. The lowest BCUT2D eigenvalue weighted by Gasteiger charge is -2.28. The first kappa shape index (κ1) is 21.3. The van der Waals surface area contributed by atoms with E-state index >= 15 is 0 Å². The maximum Gasteiger partial charge on any atom is 0.407 e. The quantitative estimate of drug-likeness (QED) is 0.604. The van der Waals surface area contributed by atoms with Gasteiger partial charge in [0, 0.05) is 18.6 Å². The maximum atomic E-state index is 11.9. The number of rotatable bonds is 10. The highest BCUT2D eigenvalue weighted by atomic mass is 16.6. The minimum Gasteiger partial charge on any atom is -0.444 e. The molecule has 0 aromatic heterocycles. The van der Waals surface area contributed by atoms with Crippen LogP contribution in [0.3, 0.4) is 0 Å². The molecule has 2 N–H and O–H groups in total. The molecule has 1 saturated carbocycles. The summed E-state index contributed by atoms with van der Waals surface area (Å²) in [6.07, 6.45) is 5.96. The fraction of sp³-hybridized carbons (Fsp3) is 0.950. The van der Waals surface area contributed by atoms with E-state index in [0.29, 0.717) is 24.5 Å². The number of carbonyl (C=O) groups excluding carboxylic acids is 1. The lowest BCUT2D eigenvalue weighted by Crippen LogP contribution is -2.47. The highest BCUT2D eigenvalue weighted by Crippen LogP contribution is 2.35. The molecule has 0 radical (unpaired) electrons. The molecule has 2 unspecified atom stereocenters. The first-order valence-electron chi connectivity index (χ1n) is 9.79. The molecule has 0 heterocycles. The van der Waals surface area contributed by atoms with Crippen molar-refractivity contribution in [2.75, 3.05) is 6.54 Å². The lowest BCUT2D eigenvalue weighted by molar-refractivity contribution is 0.0519. The van der Waals surface area contributed by atoms with E-state index < -0.39 is 5.60 Å². The van der Waals surface area contributed by atoms with Crippen LogP contribution in [0.25, 0.3) is 0 Å². The molecular formula is C20H40N2O2. The molecule has 1 rings (SSSR count). The average molecular weight is 341 g/mol. The zero-order valence-electron chi connectivity index (χ0n) is 16.9. The van der Waals surface area contributed by atoms with E-state index in [1.807, 2.05) is 20.8 Å². The first-order valence-corrected chi connectivity index (χ1v) is 9.79. The van der Waals surface area contributed by atoms with Gasteiger partial charge in [-0.2, -0.15) is 0 Å². The van der Waals surface area contributed by atoms with Gasteiger partial charge in [-0.15, -0.1) is 0 Å². The summed E-state index contributed by atoms with van der Waals surface area (Å²) in [4.78, 5) is 11.9. The van der Waals surface area contributed by atoms with E-state index in [4.69, 9.17) is 4.74 Å². The topological polar surface area (TPSA) is 50.4 Å². The summed E-state index contributed by atoms with van der Waals surface area (Å²) in [5.41, 5.74) is -0.446. The van der Waals surface area contributed by atoms with Gasteiger partial charge in [0.05, 0.1) is 0 Å². The summed E-state index contributed by atoms with van der Waals surface area (Å²) in [5.74, 6) is 2.18. The van der Waals surface area contributed by atoms with E-state index in [2.05, 4.69) is 38.3 Å². The van der Waals surface area contributed by atoms with Crippen LogP contribution in [-0.2, 0) is 4.74 Å².